The highest BCUT2D eigenvalue weighted by Gasteiger charge is 2.17. The summed E-state index contributed by atoms with van der Waals surface area (Å²) in [5, 5.41) is 15.6. The molecule has 35 heavy (non-hydrogen) atoms. The summed E-state index contributed by atoms with van der Waals surface area (Å²) in [6.45, 7) is 1.96. The first-order chi connectivity index (χ1) is 17.0. The van der Waals surface area contributed by atoms with E-state index in [1.54, 1.807) is 62.1 Å². The van der Waals surface area contributed by atoms with E-state index in [0.717, 1.165) is 0 Å². The van der Waals surface area contributed by atoms with Gasteiger partial charge in [0, 0.05) is 12.1 Å². The Morgan fingerprint density at radius 2 is 1.91 bits per heavy atom. The van der Waals surface area contributed by atoms with Gasteiger partial charge >= 0.3 is 0 Å². The lowest BCUT2D eigenvalue weighted by Gasteiger charge is -2.15. The van der Waals surface area contributed by atoms with Crippen LogP contribution < -0.4 is 24.3 Å². The van der Waals surface area contributed by atoms with Crippen molar-refractivity contribution in [3.05, 3.63) is 60.4 Å². The van der Waals surface area contributed by atoms with Crippen molar-refractivity contribution in [2.45, 2.75) is 13.0 Å². The molecule has 182 valence electrons. The summed E-state index contributed by atoms with van der Waals surface area (Å²) in [4.78, 5) is 12.3. The zero-order valence-corrected chi connectivity index (χ0v) is 19.4. The van der Waals surface area contributed by atoms with Crippen LogP contribution in [-0.2, 0) is 4.79 Å². The molecule has 0 fully saturated rings. The van der Waals surface area contributed by atoms with Crippen LogP contribution in [0.15, 0.2) is 54.6 Å². The molecule has 0 aliphatic carbocycles. The predicted molar refractivity (Wildman–Crippen MR) is 124 cm³/mol. The Morgan fingerprint density at radius 3 is 2.69 bits per heavy atom. The Labute approximate surface area is 200 Å². The van der Waals surface area contributed by atoms with Gasteiger partial charge in [0.25, 0.3) is 5.91 Å². The molecule has 0 aliphatic heterocycles. The van der Waals surface area contributed by atoms with Gasteiger partial charge in [-0.1, -0.05) is 6.07 Å². The lowest BCUT2D eigenvalue weighted by Crippen LogP contribution is -2.38. The minimum absolute atomic E-state index is 0.164. The zero-order chi connectivity index (χ0) is 24.8. The van der Waals surface area contributed by atoms with Crippen LogP contribution >= 0.6 is 0 Å². The predicted octanol–water partition coefficient (Wildman–Crippen LogP) is 2.91. The largest absolute Gasteiger partial charge is 0.497 e. The summed E-state index contributed by atoms with van der Waals surface area (Å²) >= 11 is 0. The molecule has 1 atom stereocenters. The third-order valence-corrected chi connectivity index (χ3v) is 5.02. The van der Waals surface area contributed by atoms with E-state index in [0.29, 0.717) is 34.4 Å². The molecule has 2 heterocycles. The van der Waals surface area contributed by atoms with Crippen molar-refractivity contribution in [3.63, 3.8) is 0 Å². The number of amides is 1. The van der Waals surface area contributed by atoms with Gasteiger partial charge in [-0.25, -0.2) is 4.39 Å². The molecule has 10 nitrogen and oxygen atoms in total. The van der Waals surface area contributed by atoms with Crippen LogP contribution in [-0.4, -0.2) is 59.2 Å². The summed E-state index contributed by atoms with van der Waals surface area (Å²) in [7, 11) is 3.14. The number of nitrogens with one attached hydrogen (secondary N) is 1. The molecular weight excluding hydrogens is 457 g/mol. The van der Waals surface area contributed by atoms with Crippen LogP contribution in [0.3, 0.4) is 0 Å². The standard InChI is InChI=1S/C24H24FN5O5/c1-15(35-18-6-4-5-16(25)13-18)24(31)26-11-12-34-22-10-9-21-27-28-23(30(21)29-22)19-14-17(32-2)7-8-20(19)33-3/h4-10,13-15H,11-12H2,1-3H3,(H,26,31). The maximum Gasteiger partial charge on any atom is 0.260 e. The zero-order valence-electron chi connectivity index (χ0n) is 19.4. The second-order valence-corrected chi connectivity index (χ2v) is 7.39. The topological polar surface area (TPSA) is 109 Å². The highest BCUT2D eigenvalue weighted by molar-refractivity contribution is 5.80. The van der Waals surface area contributed by atoms with Gasteiger partial charge in [0.15, 0.2) is 17.6 Å². The first-order valence-corrected chi connectivity index (χ1v) is 10.8. The van der Waals surface area contributed by atoms with Crippen LogP contribution in [0.1, 0.15) is 6.92 Å². The monoisotopic (exact) mass is 481 g/mol. The van der Waals surface area contributed by atoms with Gasteiger partial charge < -0.3 is 24.3 Å². The summed E-state index contributed by atoms with van der Waals surface area (Å²) in [6, 6.07) is 14.3. The molecule has 1 amide bonds. The number of methoxy groups -OCH3 is 2. The number of carbonyl (C=O) groups is 1. The normalized spacial score (nSPS) is 11.7. The minimum atomic E-state index is -0.802. The molecule has 0 spiro atoms. The minimum Gasteiger partial charge on any atom is -0.497 e. The van der Waals surface area contributed by atoms with Gasteiger partial charge in [0.1, 0.15) is 29.7 Å². The second-order valence-electron chi connectivity index (χ2n) is 7.39. The van der Waals surface area contributed by atoms with Crippen molar-refractivity contribution in [2.24, 2.45) is 0 Å². The van der Waals surface area contributed by atoms with Gasteiger partial charge in [-0.3, -0.25) is 4.79 Å². The van der Waals surface area contributed by atoms with E-state index in [1.165, 1.54) is 18.2 Å². The van der Waals surface area contributed by atoms with E-state index in [2.05, 4.69) is 20.6 Å². The third-order valence-electron chi connectivity index (χ3n) is 5.02. The molecule has 2 aromatic heterocycles. The van der Waals surface area contributed by atoms with Gasteiger partial charge in [0.2, 0.25) is 5.88 Å². The quantitative estimate of drug-likeness (QED) is 0.345. The molecule has 0 saturated carbocycles. The number of rotatable bonds is 10. The van der Waals surface area contributed by atoms with Gasteiger partial charge in [0.05, 0.1) is 26.3 Å². The van der Waals surface area contributed by atoms with E-state index in [1.807, 2.05) is 0 Å². The van der Waals surface area contributed by atoms with Crippen molar-refractivity contribution >= 4 is 11.6 Å². The molecule has 1 unspecified atom stereocenters. The van der Waals surface area contributed by atoms with Crippen molar-refractivity contribution in [2.75, 3.05) is 27.4 Å². The van der Waals surface area contributed by atoms with Crippen LogP contribution in [0.5, 0.6) is 23.1 Å². The Morgan fingerprint density at radius 1 is 1.06 bits per heavy atom. The van der Waals surface area contributed by atoms with Crippen molar-refractivity contribution in [1.82, 2.24) is 25.1 Å². The summed E-state index contributed by atoms with van der Waals surface area (Å²) in [5.41, 5.74) is 1.18. The third kappa shape index (κ3) is 5.57. The van der Waals surface area contributed by atoms with Crippen molar-refractivity contribution in [3.8, 4) is 34.5 Å². The van der Waals surface area contributed by atoms with E-state index >= 15 is 0 Å². The number of carbonyl (C=O) groups excluding carboxylic acids is 1. The summed E-state index contributed by atoms with van der Waals surface area (Å²) in [6.07, 6.45) is -0.802. The fourth-order valence-corrected chi connectivity index (χ4v) is 3.28. The molecule has 11 heteroatoms. The number of aromatic nitrogens is 4. The number of hydrogen-bond donors (Lipinski definition) is 1. The highest BCUT2D eigenvalue weighted by Crippen LogP contribution is 2.32. The Bertz CT molecular complexity index is 1330. The van der Waals surface area contributed by atoms with E-state index in [9.17, 15) is 9.18 Å². The molecule has 1 N–H and O–H groups in total. The van der Waals surface area contributed by atoms with Crippen LogP contribution in [0.25, 0.3) is 17.0 Å². The van der Waals surface area contributed by atoms with E-state index < -0.39 is 11.9 Å². The maximum atomic E-state index is 13.3. The van der Waals surface area contributed by atoms with Gasteiger partial charge in [-0.05, 0) is 43.3 Å². The maximum absolute atomic E-state index is 13.3. The Balaban J connectivity index is 1.38. The first kappa shape index (κ1) is 23.7. The number of ether oxygens (including phenoxy) is 4. The molecule has 2 aromatic carbocycles. The number of nitrogens with zero attached hydrogens (tertiary/aromatic N) is 4. The smallest absolute Gasteiger partial charge is 0.260 e. The lowest BCUT2D eigenvalue weighted by molar-refractivity contribution is -0.127. The Hall–Kier alpha value is -4.41. The highest BCUT2D eigenvalue weighted by atomic mass is 19.1. The van der Waals surface area contributed by atoms with Crippen LogP contribution in [0.4, 0.5) is 4.39 Å². The molecule has 0 aliphatic rings. The SMILES string of the molecule is COc1ccc(OC)c(-c2nnc3ccc(OCCNC(=O)C(C)Oc4cccc(F)c4)nn23)c1. The van der Waals surface area contributed by atoms with Crippen molar-refractivity contribution in [1.29, 1.82) is 0 Å². The molecule has 0 bridgehead atoms. The summed E-state index contributed by atoms with van der Waals surface area (Å²) in [5.74, 6) is 1.48. The molecule has 4 rings (SSSR count). The number of hydrogen-bond acceptors (Lipinski definition) is 8. The average molecular weight is 481 g/mol. The number of fused-ring (bicyclic) bond motifs is 1. The second kappa shape index (κ2) is 10.7. The Kier molecular flexibility index (Phi) is 7.24. The van der Waals surface area contributed by atoms with Crippen LogP contribution in [0.2, 0.25) is 0 Å². The number of halogens is 1. The van der Waals surface area contributed by atoms with Crippen molar-refractivity contribution < 1.29 is 28.1 Å². The van der Waals surface area contributed by atoms with E-state index in [-0.39, 0.29) is 24.8 Å². The lowest BCUT2D eigenvalue weighted by atomic mass is 10.2. The van der Waals surface area contributed by atoms with Crippen LogP contribution in [0, 0.1) is 5.82 Å². The van der Waals surface area contributed by atoms with E-state index in [4.69, 9.17) is 18.9 Å². The first-order valence-electron chi connectivity index (χ1n) is 10.8. The molecular formula is C24H24FN5O5. The fourth-order valence-electron chi connectivity index (χ4n) is 3.28. The molecule has 0 radical (unpaired) electrons. The molecule has 0 saturated heterocycles. The fraction of sp³-hybridized carbons (Fsp3) is 0.250. The average Bonchev–Trinajstić information content (AvgIpc) is 3.29. The van der Waals surface area contributed by atoms with Gasteiger partial charge in [-0.2, -0.15) is 4.52 Å². The number of benzene rings is 2. The summed E-state index contributed by atoms with van der Waals surface area (Å²) < 4.78 is 36.7. The van der Waals surface area contributed by atoms with Gasteiger partial charge in [-0.15, -0.1) is 15.3 Å². The molecule has 4 aromatic rings.